The molecule has 8 nitrogen and oxygen atoms in total. The maximum absolute atomic E-state index is 12.8. The molecule has 1 heterocycles. The zero-order valence-electron chi connectivity index (χ0n) is 17.1. The van der Waals surface area contributed by atoms with Gasteiger partial charge in [-0.15, -0.1) is 0 Å². The van der Waals surface area contributed by atoms with E-state index in [0.717, 1.165) is 5.56 Å². The smallest absolute Gasteiger partial charge is 0.248 e. The molecule has 1 fully saturated rings. The maximum atomic E-state index is 12.8. The van der Waals surface area contributed by atoms with Crippen LogP contribution in [0.1, 0.15) is 21.5 Å². The Morgan fingerprint density at radius 3 is 2.20 bits per heavy atom. The van der Waals surface area contributed by atoms with Crippen LogP contribution in [-0.4, -0.2) is 62.2 Å². The molecule has 1 aliphatic heterocycles. The topological polar surface area (TPSA) is 113 Å². The minimum absolute atomic E-state index is 0.162. The summed E-state index contributed by atoms with van der Waals surface area (Å²) in [5, 5.41) is 2.80. The average Bonchev–Trinajstić information content (AvgIpc) is 2.68. The normalized spacial score (nSPS) is 15.7. The van der Waals surface area contributed by atoms with Crippen molar-refractivity contribution in [3.8, 4) is 0 Å². The van der Waals surface area contributed by atoms with Crippen molar-refractivity contribution >= 4 is 27.5 Å². The monoisotopic (exact) mass is 430 g/mol. The molecular weight excluding hydrogens is 404 g/mol. The van der Waals surface area contributed by atoms with E-state index in [1.54, 1.807) is 49.4 Å². The molecule has 0 aliphatic carbocycles. The number of nitrogens with two attached hydrogens (primary N) is 1. The molecule has 2 aromatic rings. The fourth-order valence-corrected chi connectivity index (χ4v) is 4.83. The molecule has 1 aliphatic rings. The average molecular weight is 431 g/mol. The second-order valence-corrected chi connectivity index (χ2v) is 9.37. The summed E-state index contributed by atoms with van der Waals surface area (Å²) >= 11 is 0. The maximum Gasteiger partial charge on any atom is 0.248 e. The summed E-state index contributed by atoms with van der Waals surface area (Å²) in [4.78, 5) is 25.9. The molecule has 0 bridgehead atoms. The lowest BCUT2D eigenvalue weighted by atomic mass is 10.1. The Kier molecular flexibility index (Phi) is 6.55. The Hall–Kier alpha value is -2.75. The first-order chi connectivity index (χ1) is 14.2. The second-order valence-electron chi connectivity index (χ2n) is 7.44. The van der Waals surface area contributed by atoms with Crippen molar-refractivity contribution < 1.29 is 18.0 Å². The predicted octanol–water partition coefficient (Wildman–Crippen LogP) is 1.35. The van der Waals surface area contributed by atoms with Crippen molar-refractivity contribution in [2.45, 2.75) is 18.7 Å². The highest BCUT2D eigenvalue weighted by Gasteiger charge is 2.29. The standard InChI is InChI=1S/C21H26N4O4S/c1-15-3-6-18(7-4-15)30(28,29)25-11-9-24(10-12-25)14-20(26)23-17-5-8-19(21(22)27)16(2)13-17/h3-8,13H,9-12,14H2,1-2H3,(H2,22,27)(H,23,26). The van der Waals surface area contributed by atoms with Gasteiger partial charge in [0, 0.05) is 37.4 Å². The van der Waals surface area contributed by atoms with Gasteiger partial charge in [0.25, 0.3) is 0 Å². The van der Waals surface area contributed by atoms with Gasteiger partial charge in [0.2, 0.25) is 21.8 Å². The van der Waals surface area contributed by atoms with Crippen molar-refractivity contribution in [3.05, 3.63) is 59.2 Å². The van der Waals surface area contributed by atoms with Crippen molar-refractivity contribution in [1.82, 2.24) is 9.21 Å². The third-order valence-corrected chi connectivity index (χ3v) is 7.05. The molecule has 0 aromatic heterocycles. The van der Waals surface area contributed by atoms with Crippen molar-refractivity contribution in [2.24, 2.45) is 5.73 Å². The first-order valence-electron chi connectivity index (χ1n) is 9.66. The zero-order valence-corrected chi connectivity index (χ0v) is 17.9. The zero-order chi connectivity index (χ0) is 21.9. The Morgan fingerprint density at radius 1 is 1.00 bits per heavy atom. The lowest BCUT2D eigenvalue weighted by Crippen LogP contribution is -2.50. The molecule has 2 aromatic carbocycles. The van der Waals surface area contributed by atoms with E-state index in [1.165, 1.54) is 4.31 Å². The molecule has 9 heteroatoms. The number of carbonyl (C=O) groups is 2. The Bertz CT molecular complexity index is 1040. The molecule has 3 N–H and O–H groups in total. The molecule has 160 valence electrons. The number of hydrogen-bond acceptors (Lipinski definition) is 5. The van der Waals surface area contributed by atoms with E-state index in [9.17, 15) is 18.0 Å². The Labute approximate surface area is 176 Å². The number of sulfonamides is 1. The number of piperazine rings is 1. The number of benzene rings is 2. The molecule has 0 radical (unpaired) electrons. The summed E-state index contributed by atoms with van der Waals surface area (Å²) in [5.74, 6) is -0.708. The second kappa shape index (κ2) is 8.95. The van der Waals surface area contributed by atoms with Crippen LogP contribution in [0.3, 0.4) is 0 Å². The number of rotatable bonds is 6. The van der Waals surface area contributed by atoms with E-state index in [4.69, 9.17) is 5.73 Å². The minimum atomic E-state index is -3.53. The Morgan fingerprint density at radius 2 is 1.63 bits per heavy atom. The van der Waals surface area contributed by atoms with Crippen LogP contribution < -0.4 is 11.1 Å². The summed E-state index contributed by atoms with van der Waals surface area (Å²) in [5.41, 5.74) is 7.99. The highest BCUT2D eigenvalue weighted by molar-refractivity contribution is 7.89. The van der Waals surface area contributed by atoms with Gasteiger partial charge in [-0.25, -0.2) is 8.42 Å². The van der Waals surface area contributed by atoms with Crippen LogP contribution in [0.2, 0.25) is 0 Å². The SMILES string of the molecule is Cc1ccc(S(=O)(=O)N2CCN(CC(=O)Nc3ccc(C(N)=O)c(C)c3)CC2)cc1. The number of carbonyl (C=O) groups excluding carboxylic acids is 2. The van der Waals surface area contributed by atoms with Gasteiger partial charge in [-0.3, -0.25) is 14.5 Å². The predicted molar refractivity (Wildman–Crippen MR) is 115 cm³/mol. The van der Waals surface area contributed by atoms with Crippen LogP contribution in [0, 0.1) is 13.8 Å². The fraction of sp³-hybridized carbons (Fsp3) is 0.333. The molecule has 0 unspecified atom stereocenters. The molecule has 30 heavy (non-hydrogen) atoms. The van der Waals surface area contributed by atoms with Gasteiger partial charge in [0.15, 0.2) is 0 Å². The van der Waals surface area contributed by atoms with Crippen LogP contribution in [0.15, 0.2) is 47.4 Å². The van der Waals surface area contributed by atoms with Crippen LogP contribution in [0.5, 0.6) is 0 Å². The number of primary amides is 1. The summed E-state index contributed by atoms with van der Waals surface area (Å²) in [6.07, 6.45) is 0. The number of nitrogens with zero attached hydrogens (tertiary/aromatic N) is 2. The molecule has 0 saturated carbocycles. The third-order valence-electron chi connectivity index (χ3n) is 5.13. The van der Waals surface area contributed by atoms with E-state index >= 15 is 0 Å². The minimum Gasteiger partial charge on any atom is -0.366 e. The molecule has 0 atom stereocenters. The Balaban J connectivity index is 1.54. The molecule has 1 saturated heterocycles. The summed E-state index contributed by atoms with van der Waals surface area (Å²) in [6, 6.07) is 11.7. The quantitative estimate of drug-likeness (QED) is 0.718. The molecule has 0 spiro atoms. The van der Waals surface area contributed by atoms with E-state index < -0.39 is 15.9 Å². The van der Waals surface area contributed by atoms with E-state index in [1.807, 2.05) is 11.8 Å². The van der Waals surface area contributed by atoms with Crippen molar-refractivity contribution in [1.29, 1.82) is 0 Å². The van der Waals surface area contributed by atoms with Gasteiger partial charge in [-0.1, -0.05) is 17.7 Å². The van der Waals surface area contributed by atoms with E-state index in [2.05, 4.69) is 5.32 Å². The van der Waals surface area contributed by atoms with Gasteiger partial charge < -0.3 is 11.1 Å². The lowest BCUT2D eigenvalue weighted by Gasteiger charge is -2.33. The molecule has 2 amide bonds. The van der Waals surface area contributed by atoms with Gasteiger partial charge in [-0.2, -0.15) is 4.31 Å². The summed E-state index contributed by atoms with van der Waals surface area (Å²) < 4.78 is 27.0. The summed E-state index contributed by atoms with van der Waals surface area (Å²) in [7, 11) is -3.53. The van der Waals surface area contributed by atoms with Crippen LogP contribution in [-0.2, 0) is 14.8 Å². The lowest BCUT2D eigenvalue weighted by molar-refractivity contribution is -0.117. The van der Waals surface area contributed by atoms with Crippen LogP contribution >= 0.6 is 0 Å². The number of hydrogen-bond donors (Lipinski definition) is 2. The molecule has 3 rings (SSSR count). The van der Waals surface area contributed by atoms with Crippen molar-refractivity contribution in [3.63, 3.8) is 0 Å². The van der Waals surface area contributed by atoms with Gasteiger partial charge in [0.1, 0.15) is 0 Å². The first-order valence-corrected chi connectivity index (χ1v) is 11.1. The van der Waals surface area contributed by atoms with Gasteiger partial charge in [0.05, 0.1) is 11.4 Å². The van der Waals surface area contributed by atoms with Crippen LogP contribution in [0.25, 0.3) is 0 Å². The van der Waals surface area contributed by atoms with E-state index in [0.29, 0.717) is 43.0 Å². The van der Waals surface area contributed by atoms with Crippen LogP contribution in [0.4, 0.5) is 5.69 Å². The van der Waals surface area contributed by atoms with Gasteiger partial charge in [-0.05, 0) is 49.7 Å². The molecular formula is C21H26N4O4S. The largest absolute Gasteiger partial charge is 0.366 e. The third kappa shape index (κ3) is 5.05. The highest BCUT2D eigenvalue weighted by Crippen LogP contribution is 2.19. The van der Waals surface area contributed by atoms with Crippen molar-refractivity contribution in [2.75, 3.05) is 38.0 Å². The fourth-order valence-electron chi connectivity index (χ4n) is 3.41. The highest BCUT2D eigenvalue weighted by atomic mass is 32.2. The van der Waals surface area contributed by atoms with E-state index in [-0.39, 0.29) is 17.3 Å². The number of anilines is 1. The number of amides is 2. The summed E-state index contributed by atoms with van der Waals surface area (Å²) in [6.45, 7) is 5.42. The first kappa shape index (κ1) is 21.9. The van der Waals surface area contributed by atoms with Gasteiger partial charge >= 0.3 is 0 Å². The number of aryl methyl sites for hydroxylation is 2. The number of nitrogens with one attached hydrogen (secondary N) is 1.